The molecule has 7 heteroatoms. The second-order valence-electron chi connectivity index (χ2n) is 8.27. The van der Waals surface area contributed by atoms with Crippen LogP contribution in [0.15, 0.2) is 48.7 Å². The maximum atomic E-state index is 13.4. The van der Waals surface area contributed by atoms with E-state index < -0.39 is 17.9 Å². The third-order valence-electron chi connectivity index (χ3n) is 6.55. The average Bonchev–Trinajstić information content (AvgIpc) is 3.32. The highest BCUT2D eigenvalue weighted by Gasteiger charge is 2.62. The summed E-state index contributed by atoms with van der Waals surface area (Å²) in [6.07, 6.45) is 5.49. The fourth-order valence-electron chi connectivity index (χ4n) is 5.17. The van der Waals surface area contributed by atoms with E-state index in [1.165, 1.54) is 24.1 Å². The molecule has 0 radical (unpaired) electrons. The molecule has 3 fully saturated rings. The number of carbonyl (C=O) groups is 2. The Balaban J connectivity index is 1.40. The molecule has 4 unspecified atom stereocenters. The van der Waals surface area contributed by atoms with Gasteiger partial charge in [0, 0.05) is 37.4 Å². The first-order valence-corrected chi connectivity index (χ1v) is 10.1. The second kappa shape index (κ2) is 7.11. The SMILES string of the molecule is CN1C(=O)C2C3CC(O)CN3C(/C=C/c3ccc(-c4cccc(F)c4)cn3)[C@@H]2C1=O. The van der Waals surface area contributed by atoms with Crippen molar-refractivity contribution in [1.82, 2.24) is 14.8 Å². The maximum absolute atomic E-state index is 13.4. The number of benzene rings is 1. The monoisotopic (exact) mass is 407 g/mol. The van der Waals surface area contributed by atoms with Gasteiger partial charge in [-0.1, -0.05) is 24.3 Å². The van der Waals surface area contributed by atoms with Crippen molar-refractivity contribution >= 4 is 17.9 Å². The summed E-state index contributed by atoms with van der Waals surface area (Å²) in [5, 5.41) is 10.1. The molecule has 1 aromatic heterocycles. The lowest BCUT2D eigenvalue weighted by Crippen LogP contribution is -2.40. The van der Waals surface area contributed by atoms with Crippen LogP contribution >= 0.6 is 0 Å². The number of aliphatic hydroxyl groups excluding tert-OH is 1. The minimum Gasteiger partial charge on any atom is -0.392 e. The Morgan fingerprint density at radius 2 is 1.93 bits per heavy atom. The van der Waals surface area contributed by atoms with Crippen LogP contribution in [0.1, 0.15) is 12.1 Å². The Morgan fingerprint density at radius 1 is 1.13 bits per heavy atom. The van der Waals surface area contributed by atoms with Gasteiger partial charge in [-0.2, -0.15) is 0 Å². The zero-order chi connectivity index (χ0) is 21.0. The van der Waals surface area contributed by atoms with Gasteiger partial charge in [0.2, 0.25) is 11.8 Å². The number of halogens is 1. The van der Waals surface area contributed by atoms with Gasteiger partial charge in [0.1, 0.15) is 5.82 Å². The van der Waals surface area contributed by atoms with E-state index in [2.05, 4.69) is 9.88 Å². The molecular formula is C23H22FN3O3. The summed E-state index contributed by atoms with van der Waals surface area (Å²) < 4.78 is 13.4. The standard InChI is InChI=1S/C23H22FN3O3/c1-26-22(29)20-18(27-12-17(28)10-19(27)21(20)23(26)30)8-7-16-6-5-14(11-25-16)13-3-2-4-15(24)9-13/h2-9,11,17-21,28H,10,12H2,1H3/b8-7+/t17?,18?,19?,20-,21?/m0/s1. The van der Waals surface area contributed by atoms with Crippen LogP contribution < -0.4 is 0 Å². The summed E-state index contributed by atoms with van der Waals surface area (Å²) in [5.74, 6) is -1.41. The number of likely N-dealkylation sites (tertiary alicyclic amines) is 1. The molecule has 0 bridgehead atoms. The van der Waals surface area contributed by atoms with E-state index in [-0.39, 0.29) is 29.7 Å². The van der Waals surface area contributed by atoms with Crippen LogP contribution in [-0.4, -0.2) is 63.5 Å². The number of pyridine rings is 1. The minimum atomic E-state index is -0.482. The van der Waals surface area contributed by atoms with E-state index in [0.717, 1.165) is 11.1 Å². The Labute approximate surface area is 173 Å². The van der Waals surface area contributed by atoms with Crippen molar-refractivity contribution in [2.75, 3.05) is 13.6 Å². The van der Waals surface area contributed by atoms with Gasteiger partial charge in [0.15, 0.2) is 0 Å². The van der Waals surface area contributed by atoms with Crippen molar-refractivity contribution in [1.29, 1.82) is 0 Å². The van der Waals surface area contributed by atoms with Gasteiger partial charge in [0.25, 0.3) is 0 Å². The van der Waals surface area contributed by atoms with Gasteiger partial charge >= 0.3 is 0 Å². The molecule has 1 aromatic carbocycles. The Morgan fingerprint density at radius 3 is 2.67 bits per heavy atom. The molecule has 5 rings (SSSR count). The number of amides is 2. The summed E-state index contributed by atoms with van der Waals surface area (Å²) in [5.41, 5.74) is 2.28. The lowest BCUT2D eigenvalue weighted by molar-refractivity contribution is -0.139. The molecule has 5 atom stereocenters. The van der Waals surface area contributed by atoms with E-state index in [1.54, 1.807) is 12.3 Å². The van der Waals surface area contributed by atoms with Crippen LogP contribution in [-0.2, 0) is 9.59 Å². The Hall–Kier alpha value is -2.90. The smallest absolute Gasteiger partial charge is 0.234 e. The van der Waals surface area contributed by atoms with Gasteiger partial charge in [-0.25, -0.2) is 4.39 Å². The predicted molar refractivity (Wildman–Crippen MR) is 108 cm³/mol. The average molecular weight is 407 g/mol. The topological polar surface area (TPSA) is 73.7 Å². The molecule has 4 heterocycles. The van der Waals surface area contributed by atoms with E-state index in [0.29, 0.717) is 18.7 Å². The van der Waals surface area contributed by atoms with Crippen molar-refractivity contribution in [3.63, 3.8) is 0 Å². The number of rotatable bonds is 3. The third kappa shape index (κ3) is 2.97. The molecule has 2 amide bonds. The van der Waals surface area contributed by atoms with Crippen LogP contribution in [0.25, 0.3) is 17.2 Å². The normalized spacial score (nSPS) is 31.0. The number of fused-ring (bicyclic) bond motifs is 3. The molecule has 6 nitrogen and oxygen atoms in total. The Kier molecular flexibility index (Phi) is 4.52. The lowest BCUT2D eigenvalue weighted by Gasteiger charge is -2.25. The highest BCUT2D eigenvalue weighted by atomic mass is 19.1. The summed E-state index contributed by atoms with van der Waals surface area (Å²) in [4.78, 5) is 33.0. The minimum absolute atomic E-state index is 0.107. The molecule has 0 saturated carbocycles. The van der Waals surface area contributed by atoms with Crippen molar-refractivity contribution in [2.45, 2.75) is 24.6 Å². The van der Waals surface area contributed by atoms with E-state index >= 15 is 0 Å². The second-order valence-corrected chi connectivity index (χ2v) is 8.27. The number of imide groups is 1. The number of hydrogen-bond acceptors (Lipinski definition) is 5. The molecule has 154 valence electrons. The van der Waals surface area contributed by atoms with E-state index in [4.69, 9.17) is 0 Å². The summed E-state index contributed by atoms with van der Waals surface area (Å²) >= 11 is 0. The van der Waals surface area contributed by atoms with Crippen LogP contribution in [0.4, 0.5) is 4.39 Å². The quantitative estimate of drug-likeness (QED) is 0.788. The zero-order valence-electron chi connectivity index (χ0n) is 16.5. The third-order valence-corrected chi connectivity index (χ3v) is 6.55. The lowest BCUT2D eigenvalue weighted by atomic mass is 9.87. The van der Waals surface area contributed by atoms with Crippen molar-refractivity contribution < 1.29 is 19.1 Å². The molecule has 2 aromatic rings. The largest absolute Gasteiger partial charge is 0.392 e. The van der Waals surface area contributed by atoms with Crippen molar-refractivity contribution in [3.05, 3.63) is 60.2 Å². The van der Waals surface area contributed by atoms with E-state index in [1.807, 2.05) is 30.4 Å². The Bertz CT molecular complexity index is 1040. The number of aromatic nitrogens is 1. The van der Waals surface area contributed by atoms with Crippen LogP contribution in [0.5, 0.6) is 0 Å². The molecule has 1 N–H and O–H groups in total. The fourth-order valence-corrected chi connectivity index (χ4v) is 5.17. The molecule has 3 saturated heterocycles. The van der Waals surface area contributed by atoms with Crippen molar-refractivity contribution in [2.24, 2.45) is 11.8 Å². The van der Waals surface area contributed by atoms with Gasteiger partial charge in [-0.05, 0) is 36.3 Å². The van der Waals surface area contributed by atoms with Crippen LogP contribution in [0.2, 0.25) is 0 Å². The van der Waals surface area contributed by atoms with Gasteiger partial charge in [-0.3, -0.25) is 24.4 Å². The first-order chi connectivity index (χ1) is 14.4. The van der Waals surface area contributed by atoms with Crippen LogP contribution in [0.3, 0.4) is 0 Å². The summed E-state index contributed by atoms with van der Waals surface area (Å²) in [6, 6.07) is 9.71. The molecule has 0 spiro atoms. The number of nitrogens with zero attached hydrogens (tertiary/aromatic N) is 3. The van der Waals surface area contributed by atoms with Gasteiger partial charge in [-0.15, -0.1) is 0 Å². The van der Waals surface area contributed by atoms with Crippen molar-refractivity contribution in [3.8, 4) is 11.1 Å². The molecule has 0 aliphatic carbocycles. The fraction of sp³-hybridized carbons (Fsp3) is 0.348. The maximum Gasteiger partial charge on any atom is 0.234 e. The number of hydrogen-bond donors (Lipinski definition) is 1. The molecular weight excluding hydrogens is 385 g/mol. The van der Waals surface area contributed by atoms with Gasteiger partial charge < -0.3 is 5.11 Å². The molecule has 30 heavy (non-hydrogen) atoms. The predicted octanol–water partition coefficient (Wildman–Crippen LogP) is 1.95. The van der Waals surface area contributed by atoms with E-state index in [9.17, 15) is 19.1 Å². The molecule has 3 aliphatic heterocycles. The highest BCUT2D eigenvalue weighted by Crippen LogP contribution is 2.46. The number of carbonyl (C=O) groups excluding carboxylic acids is 2. The summed E-state index contributed by atoms with van der Waals surface area (Å²) in [7, 11) is 1.53. The first kappa shape index (κ1) is 19.1. The van der Waals surface area contributed by atoms with Crippen LogP contribution in [0, 0.1) is 17.7 Å². The summed E-state index contributed by atoms with van der Waals surface area (Å²) in [6.45, 7) is 0.461. The number of aliphatic hydroxyl groups is 1. The van der Waals surface area contributed by atoms with Gasteiger partial charge in [0.05, 0.1) is 23.6 Å². The first-order valence-electron chi connectivity index (χ1n) is 10.1. The zero-order valence-corrected chi connectivity index (χ0v) is 16.5. The molecule has 3 aliphatic rings. The highest BCUT2D eigenvalue weighted by molar-refractivity contribution is 6.06.